The van der Waals surface area contributed by atoms with Crippen LogP contribution in [0.4, 0.5) is 13.6 Å². The molecule has 0 unspecified atom stereocenters. The summed E-state index contributed by atoms with van der Waals surface area (Å²) in [6, 6.07) is 4.81. The Morgan fingerprint density at radius 1 is 1.29 bits per heavy atom. The van der Waals surface area contributed by atoms with Crippen molar-refractivity contribution in [1.29, 1.82) is 0 Å². The quantitative estimate of drug-likeness (QED) is 0.838. The van der Waals surface area contributed by atoms with E-state index in [4.69, 9.17) is 4.74 Å². The number of halogens is 2. The lowest BCUT2D eigenvalue weighted by atomic mass is 10.00. The van der Waals surface area contributed by atoms with Crippen molar-refractivity contribution < 1.29 is 23.0 Å². The van der Waals surface area contributed by atoms with Crippen molar-refractivity contribution in [3.05, 3.63) is 29.3 Å². The summed E-state index contributed by atoms with van der Waals surface area (Å²) in [6.07, 6.45) is 0.232. The number of hydrogen-bond donors (Lipinski definition) is 0. The summed E-state index contributed by atoms with van der Waals surface area (Å²) < 4.78 is 34.1. The van der Waals surface area contributed by atoms with Crippen LogP contribution >= 0.6 is 0 Å². The molecule has 0 fully saturated rings. The first-order chi connectivity index (χ1) is 9.74. The molecule has 0 saturated heterocycles. The highest BCUT2D eigenvalue weighted by Crippen LogP contribution is 2.25. The van der Waals surface area contributed by atoms with Gasteiger partial charge in [0.25, 0.3) is 0 Å². The van der Waals surface area contributed by atoms with Crippen molar-refractivity contribution in [2.24, 2.45) is 0 Å². The van der Waals surface area contributed by atoms with Gasteiger partial charge in [0.2, 0.25) is 0 Å². The highest BCUT2D eigenvalue weighted by atomic mass is 19.3. The van der Waals surface area contributed by atoms with Gasteiger partial charge in [-0.05, 0) is 50.5 Å². The van der Waals surface area contributed by atoms with Gasteiger partial charge in [-0.1, -0.05) is 6.07 Å². The number of amides is 1. The van der Waals surface area contributed by atoms with E-state index in [0.29, 0.717) is 19.5 Å². The average Bonchev–Trinajstić information content (AvgIpc) is 2.35. The SMILES string of the molecule is CC(C)(C)OC(=O)N1CCc2cc(OC(F)F)ccc2C1. The highest BCUT2D eigenvalue weighted by Gasteiger charge is 2.25. The van der Waals surface area contributed by atoms with Crippen molar-refractivity contribution in [3.63, 3.8) is 0 Å². The van der Waals surface area contributed by atoms with Crippen molar-refractivity contribution in [3.8, 4) is 5.75 Å². The van der Waals surface area contributed by atoms with E-state index >= 15 is 0 Å². The molecule has 0 aromatic heterocycles. The second kappa shape index (κ2) is 5.87. The Bertz CT molecular complexity index is 526. The van der Waals surface area contributed by atoms with Gasteiger partial charge in [-0.25, -0.2) is 4.79 Å². The Morgan fingerprint density at radius 2 is 2.00 bits per heavy atom. The number of rotatable bonds is 2. The number of nitrogens with zero attached hydrogens (tertiary/aromatic N) is 1. The molecular weight excluding hydrogens is 280 g/mol. The molecule has 1 aromatic carbocycles. The summed E-state index contributed by atoms with van der Waals surface area (Å²) in [5.41, 5.74) is 1.31. The van der Waals surface area contributed by atoms with Gasteiger partial charge in [-0.2, -0.15) is 8.78 Å². The van der Waals surface area contributed by atoms with E-state index in [-0.39, 0.29) is 11.8 Å². The molecule has 0 atom stereocenters. The van der Waals surface area contributed by atoms with E-state index in [9.17, 15) is 13.6 Å². The maximum atomic E-state index is 12.2. The van der Waals surface area contributed by atoms with Crippen LogP contribution in [0.1, 0.15) is 31.9 Å². The number of ether oxygens (including phenoxy) is 2. The topological polar surface area (TPSA) is 38.8 Å². The zero-order valence-electron chi connectivity index (χ0n) is 12.4. The lowest BCUT2D eigenvalue weighted by molar-refractivity contribution is -0.0499. The molecular formula is C15H19F2NO3. The first-order valence-electron chi connectivity index (χ1n) is 6.79. The van der Waals surface area contributed by atoms with Gasteiger partial charge >= 0.3 is 12.7 Å². The third kappa shape index (κ3) is 4.31. The third-order valence-electron chi connectivity index (χ3n) is 3.07. The minimum absolute atomic E-state index is 0.148. The highest BCUT2D eigenvalue weighted by molar-refractivity contribution is 5.68. The molecule has 1 aliphatic heterocycles. The number of carbonyl (C=O) groups is 1. The monoisotopic (exact) mass is 299 g/mol. The van der Waals surface area contributed by atoms with Crippen LogP contribution in [0.15, 0.2) is 18.2 Å². The van der Waals surface area contributed by atoms with Crippen LogP contribution < -0.4 is 4.74 Å². The van der Waals surface area contributed by atoms with Crippen molar-refractivity contribution in [2.45, 2.75) is 45.9 Å². The molecule has 0 spiro atoms. The first-order valence-corrected chi connectivity index (χ1v) is 6.79. The number of alkyl halides is 2. The zero-order chi connectivity index (χ0) is 15.6. The van der Waals surface area contributed by atoms with Gasteiger partial charge in [0.05, 0.1) is 0 Å². The molecule has 1 amide bonds. The first kappa shape index (κ1) is 15.5. The predicted molar refractivity (Wildman–Crippen MR) is 73.4 cm³/mol. The summed E-state index contributed by atoms with van der Waals surface area (Å²) >= 11 is 0. The Balaban J connectivity index is 2.06. The van der Waals surface area contributed by atoms with Crippen molar-refractivity contribution >= 4 is 6.09 Å². The van der Waals surface area contributed by atoms with Crippen LogP contribution in [0.25, 0.3) is 0 Å². The number of hydrogen-bond acceptors (Lipinski definition) is 3. The van der Waals surface area contributed by atoms with E-state index in [0.717, 1.165) is 11.1 Å². The fourth-order valence-electron chi connectivity index (χ4n) is 2.19. The van der Waals surface area contributed by atoms with Crippen LogP contribution in [-0.4, -0.2) is 29.8 Å². The molecule has 0 bridgehead atoms. The van der Waals surface area contributed by atoms with Gasteiger partial charge in [0.15, 0.2) is 0 Å². The molecule has 0 radical (unpaired) electrons. The standard InChI is InChI=1S/C15H19F2NO3/c1-15(2,3)21-14(19)18-7-6-10-8-12(20-13(16)17)5-4-11(10)9-18/h4-5,8,13H,6-7,9H2,1-3H3. The molecule has 1 heterocycles. The molecule has 0 aliphatic carbocycles. The van der Waals surface area contributed by atoms with E-state index in [1.807, 2.05) is 20.8 Å². The predicted octanol–water partition coefficient (Wildman–Crippen LogP) is 3.58. The summed E-state index contributed by atoms with van der Waals surface area (Å²) in [4.78, 5) is 13.6. The second-order valence-corrected chi connectivity index (χ2v) is 5.96. The van der Waals surface area contributed by atoms with Gasteiger partial charge in [-0.15, -0.1) is 0 Å². The van der Waals surface area contributed by atoms with Crippen LogP contribution in [-0.2, 0) is 17.7 Å². The number of fused-ring (bicyclic) bond motifs is 1. The fourth-order valence-corrected chi connectivity index (χ4v) is 2.19. The number of benzene rings is 1. The molecule has 21 heavy (non-hydrogen) atoms. The van der Waals surface area contributed by atoms with Gasteiger partial charge < -0.3 is 14.4 Å². The van der Waals surface area contributed by atoms with E-state index in [1.165, 1.54) is 6.07 Å². The number of carbonyl (C=O) groups excluding carboxylic acids is 1. The van der Waals surface area contributed by atoms with E-state index < -0.39 is 12.2 Å². The van der Waals surface area contributed by atoms with Crippen LogP contribution in [0, 0.1) is 0 Å². The third-order valence-corrected chi connectivity index (χ3v) is 3.07. The summed E-state index contributed by atoms with van der Waals surface area (Å²) in [5, 5.41) is 0. The minimum Gasteiger partial charge on any atom is -0.444 e. The molecule has 1 aromatic rings. The molecule has 1 aliphatic rings. The lowest BCUT2D eigenvalue weighted by Gasteiger charge is -2.31. The normalized spacial score (nSPS) is 14.9. The molecule has 2 rings (SSSR count). The minimum atomic E-state index is -2.83. The molecule has 4 nitrogen and oxygen atoms in total. The second-order valence-electron chi connectivity index (χ2n) is 5.96. The molecule has 0 saturated carbocycles. The molecule has 116 valence electrons. The molecule has 0 N–H and O–H groups in total. The Hall–Kier alpha value is -1.85. The fraction of sp³-hybridized carbons (Fsp3) is 0.533. The largest absolute Gasteiger partial charge is 0.444 e. The van der Waals surface area contributed by atoms with Gasteiger partial charge in [0, 0.05) is 13.1 Å². The maximum absolute atomic E-state index is 12.2. The summed E-state index contributed by atoms with van der Waals surface area (Å²) in [6.45, 7) is 3.54. The summed E-state index contributed by atoms with van der Waals surface area (Å²) in [7, 11) is 0. The maximum Gasteiger partial charge on any atom is 0.410 e. The van der Waals surface area contributed by atoms with E-state index in [2.05, 4.69) is 4.74 Å². The van der Waals surface area contributed by atoms with Crippen LogP contribution in [0.5, 0.6) is 5.75 Å². The van der Waals surface area contributed by atoms with Gasteiger partial charge in [-0.3, -0.25) is 0 Å². The van der Waals surface area contributed by atoms with Gasteiger partial charge in [0.1, 0.15) is 11.4 Å². The Kier molecular flexibility index (Phi) is 4.34. The van der Waals surface area contributed by atoms with Crippen LogP contribution in [0.2, 0.25) is 0 Å². The van der Waals surface area contributed by atoms with Crippen molar-refractivity contribution in [1.82, 2.24) is 4.90 Å². The Labute approximate surface area is 122 Å². The van der Waals surface area contributed by atoms with E-state index in [1.54, 1.807) is 17.0 Å². The summed E-state index contributed by atoms with van der Waals surface area (Å²) in [5.74, 6) is 0.148. The van der Waals surface area contributed by atoms with Crippen LogP contribution in [0.3, 0.4) is 0 Å². The zero-order valence-corrected chi connectivity index (χ0v) is 12.4. The lowest BCUT2D eigenvalue weighted by Crippen LogP contribution is -2.39. The molecule has 6 heteroatoms. The average molecular weight is 299 g/mol. The smallest absolute Gasteiger partial charge is 0.410 e. The Morgan fingerprint density at radius 3 is 2.62 bits per heavy atom. The van der Waals surface area contributed by atoms with Crippen molar-refractivity contribution in [2.75, 3.05) is 6.54 Å².